The van der Waals surface area contributed by atoms with Gasteiger partial charge < -0.3 is 9.30 Å². The molecule has 1 aromatic heterocycles. The number of aryl methyl sites for hydroxylation is 1. The quantitative estimate of drug-likeness (QED) is 0.696. The highest BCUT2D eigenvalue weighted by Gasteiger charge is 2.14. The van der Waals surface area contributed by atoms with Crippen LogP contribution in [0.1, 0.15) is 17.3 Å². The van der Waals surface area contributed by atoms with Gasteiger partial charge in [-0.05, 0) is 31.2 Å². The standard InChI is InChI=1S/C18H15NO3/c1-2-19-12-16(17(20)14-10-6-7-11-15(14)19)22-18(21)13-8-4-3-5-9-13/h3-12H,2H2,1H3. The second kappa shape index (κ2) is 5.85. The van der Waals surface area contributed by atoms with Crippen LogP contribution in [-0.2, 0) is 6.54 Å². The number of hydrogen-bond donors (Lipinski definition) is 0. The van der Waals surface area contributed by atoms with Gasteiger partial charge in [-0.2, -0.15) is 0 Å². The fourth-order valence-corrected chi connectivity index (χ4v) is 2.39. The molecule has 0 fully saturated rings. The molecule has 110 valence electrons. The zero-order valence-corrected chi connectivity index (χ0v) is 12.2. The van der Waals surface area contributed by atoms with E-state index in [2.05, 4.69) is 0 Å². The molecule has 0 aliphatic heterocycles. The summed E-state index contributed by atoms with van der Waals surface area (Å²) in [5.41, 5.74) is 0.970. The number of nitrogens with zero attached hydrogens (tertiary/aromatic N) is 1. The van der Waals surface area contributed by atoms with Crippen molar-refractivity contribution < 1.29 is 9.53 Å². The number of carbonyl (C=O) groups excluding carboxylic acids is 1. The predicted octanol–water partition coefficient (Wildman–Crippen LogP) is 3.24. The van der Waals surface area contributed by atoms with E-state index in [1.54, 1.807) is 42.6 Å². The van der Waals surface area contributed by atoms with Crippen LogP contribution in [0.15, 0.2) is 65.6 Å². The Labute approximate surface area is 127 Å². The van der Waals surface area contributed by atoms with E-state index in [-0.39, 0.29) is 11.2 Å². The highest BCUT2D eigenvalue weighted by molar-refractivity contribution is 5.91. The minimum atomic E-state index is -0.532. The van der Waals surface area contributed by atoms with Crippen molar-refractivity contribution in [3.63, 3.8) is 0 Å². The third-order valence-electron chi connectivity index (χ3n) is 3.51. The Bertz CT molecular complexity index is 882. The van der Waals surface area contributed by atoms with Gasteiger partial charge in [0.25, 0.3) is 0 Å². The third-order valence-corrected chi connectivity index (χ3v) is 3.51. The molecule has 0 saturated carbocycles. The lowest BCUT2D eigenvalue weighted by atomic mass is 10.2. The number of para-hydroxylation sites is 1. The molecule has 2 aromatic carbocycles. The first-order valence-corrected chi connectivity index (χ1v) is 7.10. The number of esters is 1. The van der Waals surface area contributed by atoms with E-state index in [9.17, 15) is 9.59 Å². The molecule has 0 spiro atoms. The van der Waals surface area contributed by atoms with Crippen molar-refractivity contribution in [1.82, 2.24) is 4.57 Å². The first-order chi connectivity index (χ1) is 10.7. The minimum Gasteiger partial charge on any atom is -0.417 e. The largest absolute Gasteiger partial charge is 0.417 e. The first kappa shape index (κ1) is 14.1. The van der Waals surface area contributed by atoms with Gasteiger partial charge in [0.2, 0.25) is 5.43 Å². The molecule has 0 aliphatic carbocycles. The van der Waals surface area contributed by atoms with Gasteiger partial charge in [0.15, 0.2) is 5.75 Å². The highest BCUT2D eigenvalue weighted by Crippen LogP contribution is 2.16. The van der Waals surface area contributed by atoms with E-state index in [1.165, 1.54) is 0 Å². The molecule has 22 heavy (non-hydrogen) atoms. The molecule has 0 saturated heterocycles. The van der Waals surface area contributed by atoms with E-state index >= 15 is 0 Å². The van der Waals surface area contributed by atoms with E-state index in [0.717, 1.165) is 5.52 Å². The van der Waals surface area contributed by atoms with Gasteiger partial charge >= 0.3 is 5.97 Å². The summed E-state index contributed by atoms with van der Waals surface area (Å²) in [4.78, 5) is 24.6. The molecule has 0 atom stereocenters. The smallest absolute Gasteiger partial charge is 0.343 e. The molecule has 0 aliphatic rings. The number of aromatic nitrogens is 1. The Morgan fingerprint density at radius 1 is 1.05 bits per heavy atom. The van der Waals surface area contributed by atoms with Crippen molar-refractivity contribution in [3.05, 3.63) is 76.6 Å². The van der Waals surface area contributed by atoms with E-state index in [4.69, 9.17) is 4.74 Å². The van der Waals surface area contributed by atoms with Gasteiger partial charge in [-0.3, -0.25) is 4.79 Å². The predicted molar refractivity (Wildman–Crippen MR) is 85.3 cm³/mol. The van der Waals surface area contributed by atoms with Gasteiger partial charge in [-0.25, -0.2) is 4.79 Å². The van der Waals surface area contributed by atoms with Gasteiger partial charge in [0, 0.05) is 11.9 Å². The molecule has 0 bridgehead atoms. The number of fused-ring (bicyclic) bond motifs is 1. The summed E-state index contributed by atoms with van der Waals surface area (Å²) >= 11 is 0. The molecule has 3 aromatic rings. The molecule has 0 N–H and O–H groups in total. The lowest BCUT2D eigenvalue weighted by Gasteiger charge is -2.11. The molecular weight excluding hydrogens is 278 g/mol. The van der Waals surface area contributed by atoms with Crippen LogP contribution in [0.25, 0.3) is 10.9 Å². The Morgan fingerprint density at radius 2 is 1.73 bits per heavy atom. The van der Waals surface area contributed by atoms with Crippen molar-refractivity contribution in [2.24, 2.45) is 0 Å². The second-order valence-electron chi connectivity index (χ2n) is 4.88. The van der Waals surface area contributed by atoms with Gasteiger partial charge in [0.05, 0.1) is 17.3 Å². The van der Waals surface area contributed by atoms with Crippen molar-refractivity contribution in [3.8, 4) is 5.75 Å². The summed E-state index contributed by atoms with van der Waals surface area (Å²) < 4.78 is 7.20. The highest BCUT2D eigenvalue weighted by atomic mass is 16.5. The van der Waals surface area contributed by atoms with E-state index < -0.39 is 5.97 Å². The van der Waals surface area contributed by atoms with Crippen LogP contribution >= 0.6 is 0 Å². The molecule has 4 nitrogen and oxygen atoms in total. The zero-order chi connectivity index (χ0) is 15.5. The minimum absolute atomic E-state index is 0.0504. The lowest BCUT2D eigenvalue weighted by Crippen LogP contribution is -2.17. The van der Waals surface area contributed by atoms with Crippen LogP contribution in [-0.4, -0.2) is 10.5 Å². The Balaban J connectivity index is 2.06. The van der Waals surface area contributed by atoms with E-state index in [0.29, 0.717) is 17.5 Å². The summed E-state index contributed by atoms with van der Waals surface area (Å²) in [6.45, 7) is 2.65. The molecule has 1 heterocycles. The Morgan fingerprint density at radius 3 is 2.45 bits per heavy atom. The van der Waals surface area contributed by atoms with Gasteiger partial charge in [-0.1, -0.05) is 30.3 Å². The molecule has 0 radical (unpaired) electrons. The van der Waals surface area contributed by atoms with Crippen LogP contribution in [0, 0.1) is 0 Å². The summed E-state index contributed by atoms with van der Waals surface area (Å²) in [7, 11) is 0. The average molecular weight is 293 g/mol. The number of carbonyl (C=O) groups is 1. The molecule has 0 amide bonds. The summed E-state index contributed by atoms with van der Waals surface area (Å²) in [5.74, 6) is -0.481. The second-order valence-corrected chi connectivity index (χ2v) is 4.88. The number of rotatable bonds is 3. The number of benzene rings is 2. The maximum Gasteiger partial charge on any atom is 0.343 e. The maximum atomic E-state index is 12.5. The third kappa shape index (κ3) is 2.51. The van der Waals surface area contributed by atoms with Crippen molar-refractivity contribution in [2.75, 3.05) is 0 Å². The fraction of sp³-hybridized carbons (Fsp3) is 0.111. The van der Waals surface area contributed by atoms with Crippen LogP contribution < -0.4 is 10.2 Å². The molecule has 4 heteroatoms. The first-order valence-electron chi connectivity index (χ1n) is 7.10. The topological polar surface area (TPSA) is 48.3 Å². The maximum absolute atomic E-state index is 12.5. The lowest BCUT2D eigenvalue weighted by molar-refractivity contribution is 0.0732. The van der Waals surface area contributed by atoms with Crippen LogP contribution in [0.5, 0.6) is 5.75 Å². The monoisotopic (exact) mass is 293 g/mol. The molecule has 3 rings (SSSR count). The number of ether oxygens (including phenoxy) is 1. The van der Waals surface area contributed by atoms with Crippen molar-refractivity contribution >= 4 is 16.9 Å². The van der Waals surface area contributed by atoms with Crippen molar-refractivity contribution in [1.29, 1.82) is 0 Å². The molecule has 0 unspecified atom stereocenters. The van der Waals surface area contributed by atoms with Gasteiger partial charge in [-0.15, -0.1) is 0 Å². The fourth-order valence-electron chi connectivity index (χ4n) is 2.39. The van der Waals surface area contributed by atoms with Gasteiger partial charge in [0.1, 0.15) is 0 Å². The van der Waals surface area contributed by atoms with Crippen LogP contribution in [0.3, 0.4) is 0 Å². The molecular formula is C18H15NO3. The summed E-state index contributed by atoms with van der Waals surface area (Å²) in [6, 6.07) is 15.9. The Hall–Kier alpha value is -2.88. The van der Waals surface area contributed by atoms with Crippen LogP contribution in [0.4, 0.5) is 0 Å². The SMILES string of the molecule is CCn1cc(OC(=O)c2ccccc2)c(=O)c2ccccc21. The zero-order valence-electron chi connectivity index (χ0n) is 12.2. The normalized spacial score (nSPS) is 10.6. The number of hydrogen-bond acceptors (Lipinski definition) is 3. The number of pyridine rings is 1. The van der Waals surface area contributed by atoms with Crippen molar-refractivity contribution in [2.45, 2.75) is 13.5 Å². The summed E-state index contributed by atoms with van der Waals surface area (Å²) in [5, 5.41) is 0.544. The summed E-state index contributed by atoms with van der Waals surface area (Å²) in [6.07, 6.45) is 1.59. The Kier molecular flexibility index (Phi) is 3.74. The van der Waals surface area contributed by atoms with E-state index in [1.807, 2.05) is 29.7 Å². The average Bonchev–Trinajstić information content (AvgIpc) is 2.58. The van der Waals surface area contributed by atoms with Crippen LogP contribution in [0.2, 0.25) is 0 Å².